The second kappa shape index (κ2) is 18.1. The van der Waals surface area contributed by atoms with E-state index in [9.17, 15) is 0 Å². The zero-order valence-electron chi connectivity index (χ0n) is 55.4. The molecule has 0 aliphatic heterocycles. The van der Waals surface area contributed by atoms with Gasteiger partial charge in [-0.3, -0.25) is 0 Å². The molecule has 0 saturated heterocycles. The fourth-order valence-electron chi connectivity index (χ4n) is 20.1. The number of rotatable bonds is 4. The molecular weight excluding hydrogens is 1220 g/mol. The average Bonchev–Trinajstić information content (AvgIpc) is 1.51. The Labute approximate surface area is 573 Å². The van der Waals surface area contributed by atoms with Gasteiger partial charge in [-0.1, -0.05) is 158 Å². The summed E-state index contributed by atoms with van der Waals surface area (Å²) in [7, 11) is 3.53. The van der Waals surface area contributed by atoms with Crippen LogP contribution in [0.4, 0.5) is 8.78 Å². The van der Waals surface area contributed by atoms with E-state index in [2.05, 4.69) is 234 Å². The summed E-state index contributed by atoms with van der Waals surface area (Å²) in [5.74, 6) is -0.0843. The van der Waals surface area contributed by atoms with Gasteiger partial charge in [0.15, 0.2) is 11.6 Å². The molecule has 0 fully saturated rings. The van der Waals surface area contributed by atoms with Crippen molar-refractivity contribution >= 4 is 97.0 Å². The van der Waals surface area contributed by atoms with E-state index in [1.807, 2.05) is 0 Å². The first-order valence-electron chi connectivity index (χ1n) is 34.7. The molecule has 24 rings (SSSR count). The molecule has 0 bridgehead atoms. The highest BCUT2D eigenvalue weighted by atomic mass is 19.2. The van der Waals surface area contributed by atoms with E-state index in [0.717, 1.165) is 99.3 Å². The average molecular weight is 1280 g/mol. The molecule has 100 heavy (non-hydrogen) atoms. The smallest absolute Gasteiger partial charge is 0.159 e. The lowest BCUT2D eigenvalue weighted by atomic mass is 9.85. The van der Waals surface area contributed by atoms with Crippen molar-refractivity contribution in [2.24, 2.45) is 0 Å². The Morgan fingerprint density at radius 2 is 0.420 bits per heavy atom. The van der Waals surface area contributed by atoms with Crippen LogP contribution in [0.15, 0.2) is 218 Å². The Morgan fingerprint density at radius 3 is 0.700 bits per heavy atom. The molecule has 6 aliphatic rings. The summed E-state index contributed by atoms with van der Waals surface area (Å²) in [5, 5.41) is 21.6. The Hall–Kier alpha value is -12.2. The van der Waals surface area contributed by atoms with Gasteiger partial charge >= 0.3 is 0 Å². The number of hydrogen-bond donors (Lipinski definition) is 0. The van der Waals surface area contributed by atoms with Crippen molar-refractivity contribution in [3.05, 3.63) is 252 Å². The van der Waals surface area contributed by atoms with Gasteiger partial charge in [0.25, 0.3) is 0 Å². The quantitative estimate of drug-likeness (QED) is 0.164. The molecule has 0 atom stereocenters. The largest absolute Gasteiger partial charge is 0.497 e. The zero-order chi connectivity index (χ0) is 66.0. The Balaban J connectivity index is 0.765. The van der Waals surface area contributed by atoms with E-state index in [4.69, 9.17) is 9.47 Å². The summed E-state index contributed by atoms with van der Waals surface area (Å²) in [6.07, 6.45) is 0. The molecule has 464 valence electrons. The highest BCUT2D eigenvalue weighted by molar-refractivity contribution is 6.44. The number of fused-ring (bicyclic) bond motifs is 36. The van der Waals surface area contributed by atoms with Crippen LogP contribution < -0.4 is 9.47 Å². The molecule has 18 aromatic carbocycles. The van der Waals surface area contributed by atoms with Crippen molar-refractivity contribution in [2.45, 2.75) is 27.7 Å². The summed E-state index contributed by atoms with van der Waals surface area (Å²) < 4.78 is 44.1. The highest BCUT2D eigenvalue weighted by Gasteiger charge is 2.40. The predicted molar refractivity (Wildman–Crippen MR) is 413 cm³/mol. The monoisotopic (exact) mass is 1280 g/mol. The number of hydrogen-bond acceptors (Lipinski definition) is 2. The van der Waals surface area contributed by atoms with Gasteiger partial charge in [-0.15, -0.1) is 0 Å². The molecule has 0 N–H and O–H groups in total. The van der Waals surface area contributed by atoms with Crippen molar-refractivity contribution in [1.29, 1.82) is 0 Å². The van der Waals surface area contributed by atoms with Crippen LogP contribution in [0.25, 0.3) is 253 Å². The van der Waals surface area contributed by atoms with E-state index in [-0.39, 0.29) is 0 Å². The number of benzene rings is 18. The molecule has 0 unspecified atom stereocenters. The van der Waals surface area contributed by atoms with E-state index < -0.39 is 11.6 Å². The molecule has 0 radical (unpaired) electrons. The number of halogens is 2. The van der Waals surface area contributed by atoms with Gasteiger partial charge in [0, 0.05) is 0 Å². The molecule has 18 aromatic rings. The van der Waals surface area contributed by atoms with Crippen molar-refractivity contribution < 1.29 is 18.3 Å². The fraction of sp³-hybridized carbons (Fsp3) is 0.0625. The van der Waals surface area contributed by atoms with E-state index >= 15 is 8.78 Å². The van der Waals surface area contributed by atoms with Gasteiger partial charge in [0.2, 0.25) is 0 Å². The zero-order valence-corrected chi connectivity index (χ0v) is 55.4. The lowest BCUT2D eigenvalue weighted by molar-refractivity contribution is 0.415. The van der Waals surface area contributed by atoms with E-state index in [0.29, 0.717) is 0 Å². The standard InChI is InChI=1S/C96H54F2O2/c1-43-31-65-66(32-44(43)2)86-62-28-22-50(38-72(62)87-68-34-46(4)45(3)33-67(68)84-58-18-12-11-17-57(58)83(65)94(86)95(84)87)48-21-27-61-70(36-48)89-74-40-52(100-6)24-30-64(74)81-60-26-20-47(35-69(60)88-73-39-51(99-5)23-29-63(73)82(61)92(88)93(81)89)49-19-25-59-71(37-49)90-76-42-78(98)77(97)41-75(76)85-56-16-10-9-15-55(56)79-53-13-7-8-14-54(53)80(59)91(79)96(85)90/h7-42H,1-6H3. The summed E-state index contributed by atoms with van der Waals surface area (Å²) in [6.45, 7) is 9.05. The minimum Gasteiger partial charge on any atom is -0.497 e. The van der Waals surface area contributed by atoms with Crippen molar-refractivity contribution in [3.63, 3.8) is 0 Å². The Morgan fingerprint density at radius 1 is 0.200 bits per heavy atom. The molecule has 0 amide bonds. The molecule has 0 saturated carbocycles. The number of methoxy groups -OCH3 is 2. The minimum atomic E-state index is -0.849. The molecule has 4 heteroatoms. The molecule has 0 aromatic heterocycles. The summed E-state index contributed by atoms with van der Waals surface area (Å²) >= 11 is 0. The third kappa shape index (κ3) is 6.22. The summed E-state index contributed by atoms with van der Waals surface area (Å²) in [4.78, 5) is 0. The van der Waals surface area contributed by atoms with Crippen molar-refractivity contribution in [3.8, 4) is 167 Å². The van der Waals surface area contributed by atoms with Crippen LogP contribution in [-0.2, 0) is 0 Å². The first-order chi connectivity index (χ1) is 49.0. The van der Waals surface area contributed by atoms with Gasteiger partial charge in [0.1, 0.15) is 11.5 Å². The van der Waals surface area contributed by atoms with Crippen LogP contribution in [0.3, 0.4) is 0 Å². The molecular formula is C96H54F2O2. The third-order valence-corrected chi connectivity index (χ3v) is 24.5. The van der Waals surface area contributed by atoms with Crippen LogP contribution in [0.2, 0.25) is 0 Å². The fourth-order valence-corrected chi connectivity index (χ4v) is 20.1. The van der Waals surface area contributed by atoms with Crippen LogP contribution >= 0.6 is 0 Å². The third-order valence-electron chi connectivity index (χ3n) is 24.5. The lowest BCUT2D eigenvalue weighted by Gasteiger charge is -2.18. The number of aryl methyl sites for hydroxylation is 4. The topological polar surface area (TPSA) is 18.5 Å². The van der Waals surface area contributed by atoms with Crippen molar-refractivity contribution in [1.82, 2.24) is 0 Å². The minimum absolute atomic E-state index is 0.721. The first kappa shape index (κ1) is 53.8. The maximum absolute atomic E-state index is 16.0. The van der Waals surface area contributed by atoms with Crippen molar-refractivity contribution in [2.75, 3.05) is 14.2 Å². The highest BCUT2D eigenvalue weighted by Crippen LogP contribution is 2.68. The molecule has 0 spiro atoms. The van der Waals surface area contributed by atoms with Crippen LogP contribution in [-0.4, -0.2) is 14.2 Å². The lowest BCUT2D eigenvalue weighted by Crippen LogP contribution is -1.90. The van der Waals surface area contributed by atoms with Gasteiger partial charge in [-0.2, -0.15) is 0 Å². The molecule has 6 aliphatic carbocycles. The molecule has 2 nitrogen and oxygen atoms in total. The van der Waals surface area contributed by atoms with Gasteiger partial charge < -0.3 is 9.47 Å². The van der Waals surface area contributed by atoms with Gasteiger partial charge in [-0.05, 0) is 363 Å². The van der Waals surface area contributed by atoms with E-state index in [1.54, 1.807) is 14.2 Å². The number of ether oxygens (including phenoxy) is 2. The van der Waals surface area contributed by atoms with Crippen LogP contribution in [0, 0.1) is 39.3 Å². The Kier molecular flexibility index (Phi) is 9.75. The summed E-state index contributed by atoms with van der Waals surface area (Å²) in [5.41, 5.74) is 37.9. The second-order valence-corrected chi connectivity index (χ2v) is 29.0. The summed E-state index contributed by atoms with van der Waals surface area (Å²) in [6, 6.07) is 80.9. The molecule has 0 heterocycles. The van der Waals surface area contributed by atoms with Gasteiger partial charge in [-0.25, -0.2) is 8.78 Å². The van der Waals surface area contributed by atoms with E-state index in [1.165, 1.54) is 199 Å². The van der Waals surface area contributed by atoms with Crippen LogP contribution in [0.1, 0.15) is 22.3 Å². The second-order valence-electron chi connectivity index (χ2n) is 29.0. The SMILES string of the molecule is COc1ccc2c(c1)-c1c3cc(-c4ccc5c6c7c(c8ccccc8c8c7c(c5c4)-c4cc(F)c(F)cc4-8)-c4ccccc4-6)ccc3c3c4c(c5cc(-c6ccc7c8c9c(c%10ccccc%10c%10c9c(c7c6)-c6cc(C)c(C)cc6-%10)-c6cc(C)c(C)cc6-8)ccc5c-2c14)-c1cc(OC)ccc1-3. The van der Waals surface area contributed by atoms with Crippen LogP contribution in [0.5, 0.6) is 11.5 Å². The Bertz CT molecular complexity index is 7210. The first-order valence-corrected chi connectivity index (χ1v) is 34.7. The van der Waals surface area contributed by atoms with Gasteiger partial charge in [0.05, 0.1) is 14.2 Å². The normalized spacial score (nSPS) is 13.0. The maximum atomic E-state index is 16.0. The maximum Gasteiger partial charge on any atom is 0.159 e. The predicted octanol–water partition coefficient (Wildman–Crippen LogP) is 26.8.